The van der Waals surface area contributed by atoms with Gasteiger partial charge >= 0.3 is 6.03 Å². The number of aryl methyl sites for hydroxylation is 1. The third-order valence-electron chi connectivity index (χ3n) is 3.23. The molecule has 114 valence electrons. The van der Waals surface area contributed by atoms with E-state index < -0.39 is 11.6 Å². The molecule has 1 aliphatic rings. The van der Waals surface area contributed by atoms with Crippen LogP contribution in [-0.4, -0.2) is 39.8 Å². The van der Waals surface area contributed by atoms with E-state index >= 15 is 0 Å². The molecule has 0 aromatic carbocycles. The molecule has 0 spiro atoms. The summed E-state index contributed by atoms with van der Waals surface area (Å²) < 4.78 is 0. The maximum absolute atomic E-state index is 11.9. The Kier molecular flexibility index (Phi) is 4.26. The molecule has 0 atom stereocenters. The van der Waals surface area contributed by atoms with Crippen LogP contribution < -0.4 is 10.6 Å². The lowest BCUT2D eigenvalue weighted by molar-refractivity contribution is -0.130. The number of aromatic nitrogens is 1. The zero-order valence-corrected chi connectivity index (χ0v) is 13.0. The summed E-state index contributed by atoms with van der Waals surface area (Å²) in [6.07, 6.45) is 0.674. The highest BCUT2D eigenvalue weighted by atomic mass is 32.1. The Balaban J connectivity index is 1.80. The van der Waals surface area contributed by atoms with Crippen LogP contribution in [0.15, 0.2) is 5.51 Å². The number of carbonyl (C=O) groups is 3. The fraction of sp³-hybridized carbons (Fsp3) is 0.538. The molecule has 2 N–H and O–H groups in total. The van der Waals surface area contributed by atoms with Crippen LogP contribution >= 0.6 is 11.3 Å². The first-order valence-electron chi connectivity index (χ1n) is 6.65. The van der Waals surface area contributed by atoms with Crippen LogP contribution in [0, 0.1) is 6.92 Å². The van der Waals surface area contributed by atoms with Crippen molar-refractivity contribution in [3.63, 3.8) is 0 Å². The van der Waals surface area contributed by atoms with E-state index in [0.29, 0.717) is 6.42 Å². The number of rotatable bonds is 5. The number of amides is 4. The minimum absolute atomic E-state index is 0.145. The molecular weight excluding hydrogens is 292 g/mol. The summed E-state index contributed by atoms with van der Waals surface area (Å²) in [6, 6.07) is -0.399. The number of urea groups is 1. The zero-order chi connectivity index (χ0) is 15.6. The summed E-state index contributed by atoms with van der Waals surface area (Å²) in [4.78, 5) is 40.6. The van der Waals surface area contributed by atoms with Gasteiger partial charge in [0.05, 0.1) is 11.2 Å². The van der Waals surface area contributed by atoms with Crippen LogP contribution in [0.2, 0.25) is 0 Å². The van der Waals surface area contributed by atoms with E-state index in [2.05, 4.69) is 15.6 Å². The van der Waals surface area contributed by atoms with E-state index in [-0.39, 0.29) is 24.8 Å². The highest BCUT2D eigenvalue weighted by molar-refractivity contribution is 7.14. The van der Waals surface area contributed by atoms with Gasteiger partial charge in [-0.15, -0.1) is 11.3 Å². The maximum atomic E-state index is 11.9. The normalized spacial score (nSPS) is 17.0. The molecule has 2 heterocycles. The van der Waals surface area contributed by atoms with Crippen LogP contribution in [0.3, 0.4) is 0 Å². The first-order chi connectivity index (χ1) is 9.81. The summed E-state index contributed by atoms with van der Waals surface area (Å²) in [6.45, 7) is 5.38. The van der Waals surface area contributed by atoms with Gasteiger partial charge in [-0.1, -0.05) is 0 Å². The number of hydrogen-bond donors (Lipinski definition) is 2. The van der Waals surface area contributed by atoms with Crippen molar-refractivity contribution in [3.05, 3.63) is 11.2 Å². The molecule has 0 bridgehead atoms. The number of carbonyl (C=O) groups excluding carboxylic acids is 3. The SMILES string of the molecule is Cc1ncsc1NC(=O)CCCN1C(=O)NC(C)(C)C1=O. The number of thiazole rings is 1. The minimum Gasteiger partial charge on any atom is -0.324 e. The first kappa shape index (κ1) is 15.4. The van der Waals surface area contributed by atoms with Gasteiger partial charge in [-0.05, 0) is 27.2 Å². The van der Waals surface area contributed by atoms with E-state index in [1.165, 1.54) is 11.3 Å². The van der Waals surface area contributed by atoms with Gasteiger partial charge in [0.1, 0.15) is 10.5 Å². The number of imide groups is 1. The van der Waals surface area contributed by atoms with Crippen molar-refractivity contribution in [2.24, 2.45) is 0 Å². The number of nitrogens with one attached hydrogen (secondary N) is 2. The van der Waals surface area contributed by atoms with Crippen molar-refractivity contribution < 1.29 is 14.4 Å². The second kappa shape index (κ2) is 5.80. The smallest absolute Gasteiger partial charge is 0.324 e. The van der Waals surface area contributed by atoms with Crippen molar-refractivity contribution in [2.75, 3.05) is 11.9 Å². The molecule has 0 radical (unpaired) electrons. The van der Waals surface area contributed by atoms with Crippen molar-refractivity contribution in [1.82, 2.24) is 15.2 Å². The van der Waals surface area contributed by atoms with Crippen LogP contribution in [-0.2, 0) is 9.59 Å². The summed E-state index contributed by atoms with van der Waals surface area (Å²) in [5.41, 5.74) is 1.59. The van der Waals surface area contributed by atoms with E-state index in [4.69, 9.17) is 0 Å². The predicted octanol–water partition coefficient (Wildman–Crippen LogP) is 1.50. The molecule has 1 aromatic heterocycles. The van der Waals surface area contributed by atoms with Crippen molar-refractivity contribution in [3.8, 4) is 0 Å². The largest absolute Gasteiger partial charge is 0.325 e. The molecule has 8 heteroatoms. The summed E-state index contributed by atoms with van der Waals surface area (Å²) in [5, 5.41) is 6.11. The van der Waals surface area contributed by atoms with Gasteiger partial charge in [0.25, 0.3) is 5.91 Å². The maximum Gasteiger partial charge on any atom is 0.325 e. The van der Waals surface area contributed by atoms with Gasteiger partial charge in [-0.2, -0.15) is 0 Å². The predicted molar refractivity (Wildman–Crippen MR) is 79.0 cm³/mol. The van der Waals surface area contributed by atoms with Crippen molar-refractivity contribution >= 4 is 34.2 Å². The molecular formula is C13H18N4O3S. The topological polar surface area (TPSA) is 91.4 Å². The standard InChI is InChI=1S/C13H18N4O3S/c1-8-10(21-7-14-8)15-9(18)5-4-6-17-11(19)13(2,3)16-12(17)20/h7H,4-6H2,1-3H3,(H,15,18)(H,16,20). The van der Waals surface area contributed by atoms with Gasteiger partial charge in [0.2, 0.25) is 5.91 Å². The van der Waals surface area contributed by atoms with Gasteiger partial charge in [0, 0.05) is 13.0 Å². The number of nitrogens with zero attached hydrogens (tertiary/aromatic N) is 2. The first-order valence-corrected chi connectivity index (χ1v) is 7.53. The van der Waals surface area contributed by atoms with Gasteiger partial charge < -0.3 is 10.6 Å². The lowest BCUT2D eigenvalue weighted by atomic mass is 10.1. The van der Waals surface area contributed by atoms with Crippen LogP contribution in [0.4, 0.5) is 9.80 Å². The molecule has 0 unspecified atom stereocenters. The molecule has 1 aliphatic heterocycles. The Labute approximate surface area is 126 Å². The summed E-state index contributed by atoms with van der Waals surface area (Å²) >= 11 is 1.37. The third kappa shape index (κ3) is 3.38. The van der Waals surface area contributed by atoms with E-state index in [9.17, 15) is 14.4 Å². The Morgan fingerprint density at radius 3 is 2.71 bits per heavy atom. The van der Waals surface area contributed by atoms with Crippen LogP contribution in [0.1, 0.15) is 32.4 Å². The van der Waals surface area contributed by atoms with Crippen molar-refractivity contribution in [1.29, 1.82) is 0 Å². The Hall–Kier alpha value is -1.96. The molecule has 1 fully saturated rings. The molecule has 0 aliphatic carbocycles. The lowest BCUT2D eigenvalue weighted by Gasteiger charge is -2.15. The summed E-state index contributed by atoms with van der Waals surface area (Å²) in [5.74, 6) is -0.403. The zero-order valence-electron chi connectivity index (χ0n) is 12.2. The van der Waals surface area contributed by atoms with Crippen LogP contribution in [0.5, 0.6) is 0 Å². The fourth-order valence-corrected chi connectivity index (χ4v) is 2.74. The average molecular weight is 310 g/mol. The summed E-state index contributed by atoms with van der Waals surface area (Å²) in [7, 11) is 0. The van der Waals surface area contributed by atoms with Crippen LogP contribution in [0.25, 0.3) is 0 Å². The highest BCUT2D eigenvalue weighted by Gasteiger charge is 2.43. The molecule has 1 aromatic rings. The number of anilines is 1. The van der Waals surface area contributed by atoms with E-state index in [1.54, 1.807) is 19.4 Å². The van der Waals surface area contributed by atoms with E-state index in [1.807, 2.05) is 6.92 Å². The monoisotopic (exact) mass is 310 g/mol. The molecule has 21 heavy (non-hydrogen) atoms. The lowest BCUT2D eigenvalue weighted by Crippen LogP contribution is -2.40. The molecule has 2 rings (SSSR count). The number of hydrogen-bond acceptors (Lipinski definition) is 5. The van der Waals surface area contributed by atoms with Gasteiger partial charge in [-0.3, -0.25) is 14.5 Å². The second-order valence-electron chi connectivity index (χ2n) is 5.43. The second-order valence-corrected chi connectivity index (χ2v) is 6.29. The van der Waals surface area contributed by atoms with Crippen molar-refractivity contribution in [2.45, 2.75) is 39.2 Å². The fourth-order valence-electron chi connectivity index (χ4n) is 2.03. The van der Waals surface area contributed by atoms with E-state index in [0.717, 1.165) is 15.6 Å². The average Bonchev–Trinajstić information content (AvgIpc) is 2.86. The van der Waals surface area contributed by atoms with Gasteiger partial charge in [0.15, 0.2) is 0 Å². The molecule has 4 amide bonds. The van der Waals surface area contributed by atoms with Gasteiger partial charge in [-0.25, -0.2) is 9.78 Å². The highest BCUT2D eigenvalue weighted by Crippen LogP contribution is 2.20. The third-order valence-corrected chi connectivity index (χ3v) is 4.07. The quantitative estimate of drug-likeness (QED) is 0.806. The molecule has 1 saturated heterocycles. The molecule has 0 saturated carbocycles. The molecule has 7 nitrogen and oxygen atoms in total. The Morgan fingerprint density at radius 1 is 1.48 bits per heavy atom. The Bertz CT molecular complexity index is 582. The minimum atomic E-state index is -0.862. The Morgan fingerprint density at radius 2 is 2.19 bits per heavy atom.